The van der Waals surface area contributed by atoms with E-state index in [1.807, 2.05) is 0 Å². The molecule has 0 fully saturated rings. The third-order valence-corrected chi connectivity index (χ3v) is 15.8. The summed E-state index contributed by atoms with van der Waals surface area (Å²) in [5.74, 6) is -1.68. The van der Waals surface area contributed by atoms with Gasteiger partial charge in [0, 0.05) is 25.7 Å². The molecule has 8 nitrogen and oxygen atoms in total. The Hall–Kier alpha value is -3.68. The highest BCUT2D eigenvalue weighted by molar-refractivity contribution is 5.72. The fourth-order valence-corrected chi connectivity index (χ4v) is 10.3. The number of allylic oxidation sites excluding steroid dienone is 12. The minimum atomic E-state index is -1.65. The quantitative estimate of drug-likeness (QED) is 0.0257. The van der Waals surface area contributed by atoms with E-state index in [0.717, 1.165) is 135 Å². The van der Waals surface area contributed by atoms with Crippen molar-refractivity contribution in [1.29, 1.82) is 0 Å². The lowest BCUT2D eigenvalue weighted by Gasteiger charge is -2.32. The summed E-state index contributed by atoms with van der Waals surface area (Å²) in [6.45, 7) is 7.85. The Morgan fingerprint density at radius 3 is 0.762 bits per heavy atom. The zero-order valence-electron chi connectivity index (χ0n) is 55.6. The Kier molecular flexibility index (Phi) is 63.9. The van der Waals surface area contributed by atoms with Crippen LogP contribution in [0, 0.1) is 0 Å². The van der Waals surface area contributed by atoms with Crippen molar-refractivity contribution in [3.05, 3.63) is 72.9 Å². The molecular weight excluding hydrogens is 1040 g/mol. The van der Waals surface area contributed by atoms with Gasteiger partial charge in [0.25, 0.3) is 0 Å². The van der Waals surface area contributed by atoms with Gasteiger partial charge in [-0.1, -0.05) is 293 Å². The molecule has 0 saturated heterocycles. The van der Waals surface area contributed by atoms with E-state index in [0.29, 0.717) is 25.7 Å². The first-order chi connectivity index (χ1) is 41.3. The van der Waals surface area contributed by atoms with Crippen molar-refractivity contribution in [3.8, 4) is 0 Å². The van der Waals surface area contributed by atoms with Gasteiger partial charge < -0.3 is 18.9 Å². The van der Waals surface area contributed by atoms with Gasteiger partial charge in [0.05, 0.1) is 0 Å². The van der Waals surface area contributed by atoms with E-state index in [1.54, 1.807) is 0 Å². The summed E-state index contributed by atoms with van der Waals surface area (Å²) in [7, 11) is 0. The lowest BCUT2D eigenvalue weighted by atomic mass is 10.0. The molecule has 486 valence electrons. The second-order valence-corrected chi connectivity index (χ2v) is 24.3. The van der Waals surface area contributed by atoms with Crippen LogP contribution in [0.4, 0.5) is 0 Å². The molecule has 0 aromatic heterocycles. The molecule has 0 aromatic carbocycles. The number of rotatable bonds is 65. The first-order valence-corrected chi connectivity index (χ1v) is 35.9. The van der Waals surface area contributed by atoms with Crippen molar-refractivity contribution in [2.75, 3.05) is 19.8 Å². The average Bonchev–Trinajstić information content (AvgIpc) is 3.69. The standard InChI is InChI=1S/C76H134O8/c1-5-9-13-17-21-25-29-33-37-41-45-49-53-57-61-65-72(77)81-69-76(84-75(80)68-64-60-56-52-48-44-40-36-32-28-24-20-16-12-8-4,70-82-73(78)66-62-58-54-50-46-42-38-34-30-26-22-18-14-10-6-2)71-83-74(79)67-63-59-55-51-47-43-39-35-31-27-23-19-15-11-7-3/h9,13,21,24-25,28,33-34,36-38,40H,5-8,10-12,14-20,22-23,26-27,29-32,35,39,41-71H2,1-4H3. The number of hydrogen-bond acceptors (Lipinski definition) is 8. The van der Waals surface area contributed by atoms with Crippen LogP contribution in [0.2, 0.25) is 0 Å². The Morgan fingerprint density at radius 2 is 0.464 bits per heavy atom. The average molecular weight is 1180 g/mol. The summed E-state index contributed by atoms with van der Waals surface area (Å²) in [6, 6.07) is 0. The minimum Gasteiger partial charge on any atom is -0.461 e. The second kappa shape index (κ2) is 66.8. The third kappa shape index (κ3) is 61.4. The molecule has 0 radical (unpaired) electrons. The molecule has 0 N–H and O–H groups in total. The highest BCUT2D eigenvalue weighted by Crippen LogP contribution is 2.22. The predicted octanol–water partition coefficient (Wildman–Crippen LogP) is 23.6. The normalized spacial score (nSPS) is 12.8. The van der Waals surface area contributed by atoms with Crippen molar-refractivity contribution >= 4 is 23.9 Å². The Morgan fingerprint density at radius 1 is 0.250 bits per heavy atom. The summed E-state index contributed by atoms with van der Waals surface area (Å²) in [4.78, 5) is 53.8. The molecule has 0 heterocycles. The van der Waals surface area contributed by atoms with Crippen molar-refractivity contribution in [2.24, 2.45) is 0 Å². The Bertz CT molecular complexity index is 1640. The molecule has 0 amide bonds. The number of unbranched alkanes of at least 4 members (excludes halogenated alkanes) is 38. The summed E-state index contributed by atoms with van der Waals surface area (Å²) in [5, 5.41) is 0. The van der Waals surface area contributed by atoms with Gasteiger partial charge in [-0.05, 0) is 116 Å². The molecule has 84 heavy (non-hydrogen) atoms. The first kappa shape index (κ1) is 80.3. The van der Waals surface area contributed by atoms with Crippen LogP contribution in [0.25, 0.3) is 0 Å². The minimum absolute atomic E-state index is 0.167. The molecule has 0 aliphatic carbocycles. The zero-order valence-corrected chi connectivity index (χ0v) is 55.6. The fourth-order valence-electron chi connectivity index (χ4n) is 10.3. The van der Waals surface area contributed by atoms with E-state index in [9.17, 15) is 19.2 Å². The van der Waals surface area contributed by atoms with E-state index in [4.69, 9.17) is 18.9 Å². The second-order valence-electron chi connectivity index (χ2n) is 24.3. The molecule has 0 aliphatic heterocycles. The van der Waals surface area contributed by atoms with E-state index in [2.05, 4.69) is 101 Å². The molecule has 0 saturated carbocycles. The topological polar surface area (TPSA) is 105 Å². The van der Waals surface area contributed by atoms with Crippen molar-refractivity contribution in [1.82, 2.24) is 0 Å². The number of carbonyl (C=O) groups excluding carboxylic acids is 4. The van der Waals surface area contributed by atoms with Gasteiger partial charge in [0.15, 0.2) is 0 Å². The summed E-state index contributed by atoms with van der Waals surface area (Å²) in [6.07, 6.45) is 82.3. The lowest BCUT2D eigenvalue weighted by molar-refractivity contribution is -0.196. The van der Waals surface area contributed by atoms with Crippen LogP contribution in [0.5, 0.6) is 0 Å². The fraction of sp³-hybridized carbons (Fsp3) is 0.789. The Labute approximate surface area is 519 Å². The molecule has 1 unspecified atom stereocenters. The first-order valence-electron chi connectivity index (χ1n) is 35.9. The summed E-state index contributed by atoms with van der Waals surface area (Å²) in [5.41, 5.74) is -1.65. The molecule has 0 bridgehead atoms. The van der Waals surface area contributed by atoms with Gasteiger partial charge >= 0.3 is 23.9 Å². The van der Waals surface area contributed by atoms with Gasteiger partial charge in [-0.25, -0.2) is 0 Å². The summed E-state index contributed by atoms with van der Waals surface area (Å²) >= 11 is 0. The van der Waals surface area contributed by atoms with Crippen LogP contribution in [-0.2, 0) is 38.1 Å². The molecule has 0 rings (SSSR count). The predicted molar refractivity (Wildman–Crippen MR) is 359 cm³/mol. The van der Waals surface area contributed by atoms with E-state index >= 15 is 0 Å². The van der Waals surface area contributed by atoms with Crippen LogP contribution in [0.1, 0.15) is 362 Å². The van der Waals surface area contributed by atoms with Crippen LogP contribution in [-0.4, -0.2) is 49.3 Å². The van der Waals surface area contributed by atoms with Crippen LogP contribution < -0.4 is 0 Å². The van der Waals surface area contributed by atoms with Gasteiger partial charge in [-0.15, -0.1) is 0 Å². The van der Waals surface area contributed by atoms with Gasteiger partial charge in [0.1, 0.15) is 19.8 Å². The van der Waals surface area contributed by atoms with E-state index in [1.165, 1.54) is 148 Å². The van der Waals surface area contributed by atoms with Crippen molar-refractivity contribution < 1.29 is 38.1 Å². The van der Waals surface area contributed by atoms with Gasteiger partial charge in [-0.2, -0.15) is 0 Å². The van der Waals surface area contributed by atoms with Crippen LogP contribution >= 0.6 is 0 Å². The smallest absolute Gasteiger partial charge is 0.306 e. The molecule has 0 aromatic rings. The number of carbonyl (C=O) groups is 4. The van der Waals surface area contributed by atoms with Gasteiger partial charge in [-0.3, -0.25) is 19.2 Å². The van der Waals surface area contributed by atoms with Gasteiger partial charge in [0.2, 0.25) is 5.60 Å². The molecule has 0 spiro atoms. The summed E-state index contributed by atoms with van der Waals surface area (Å²) < 4.78 is 23.8. The van der Waals surface area contributed by atoms with E-state index < -0.39 is 29.5 Å². The number of esters is 4. The SMILES string of the molecule is CCC=CCC=CCC=CCCCCCCCC(=O)OCC(COC(=O)CCCCCCCC=CCCCCCCCC)(COC(=O)CCCCCCCCCCCCCCCCC)OC(=O)CCCCCCCC=CCC=CCCCCC. The maximum atomic E-state index is 13.7. The van der Waals surface area contributed by atoms with Crippen LogP contribution in [0.3, 0.4) is 0 Å². The largest absolute Gasteiger partial charge is 0.461 e. The highest BCUT2D eigenvalue weighted by atomic mass is 16.6. The molecule has 1 atom stereocenters. The maximum absolute atomic E-state index is 13.7. The molecule has 0 aliphatic rings. The molecular formula is C76H134O8. The van der Waals surface area contributed by atoms with Crippen molar-refractivity contribution in [2.45, 2.75) is 367 Å². The monoisotopic (exact) mass is 1180 g/mol. The number of hydrogen-bond donors (Lipinski definition) is 0. The number of ether oxygens (including phenoxy) is 4. The van der Waals surface area contributed by atoms with Crippen molar-refractivity contribution in [3.63, 3.8) is 0 Å². The highest BCUT2D eigenvalue weighted by Gasteiger charge is 2.40. The third-order valence-electron chi connectivity index (χ3n) is 15.8. The zero-order chi connectivity index (χ0) is 61.0. The maximum Gasteiger partial charge on any atom is 0.306 e. The van der Waals surface area contributed by atoms with Crippen LogP contribution in [0.15, 0.2) is 72.9 Å². The lowest BCUT2D eigenvalue weighted by Crippen LogP contribution is -2.50. The molecule has 8 heteroatoms. The Balaban J connectivity index is 5.54. The van der Waals surface area contributed by atoms with E-state index in [-0.39, 0.29) is 45.5 Å².